The van der Waals surface area contributed by atoms with Crippen molar-refractivity contribution in [2.75, 3.05) is 5.32 Å². The fourth-order valence-corrected chi connectivity index (χ4v) is 3.90. The Morgan fingerprint density at radius 2 is 1.41 bits per heavy atom. The predicted molar refractivity (Wildman–Crippen MR) is 121 cm³/mol. The third-order valence-electron chi connectivity index (χ3n) is 4.23. The Morgan fingerprint density at radius 1 is 0.793 bits per heavy atom. The summed E-state index contributed by atoms with van der Waals surface area (Å²) in [7, 11) is 0. The number of nitrogens with zero attached hydrogens (tertiary/aromatic N) is 4. The first kappa shape index (κ1) is 20.1. The van der Waals surface area contributed by atoms with Gasteiger partial charge in [-0.1, -0.05) is 46.4 Å². The van der Waals surface area contributed by atoms with Crippen LogP contribution in [0.25, 0.3) is 0 Å². The minimum atomic E-state index is 0.145. The van der Waals surface area contributed by atoms with Crippen LogP contribution in [0.1, 0.15) is 22.3 Å². The van der Waals surface area contributed by atoms with Gasteiger partial charge in [-0.25, -0.2) is 20.0 Å². The van der Waals surface area contributed by atoms with E-state index in [1.165, 1.54) is 0 Å². The van der Waals surface area contributed by atoms with Crippen molar-refractivity contribution in [1.29, 1.82) is 0 Å². The van der Waals surface area contributed by atoms with Crippen LogP contribution >= 0.6 is 46.4 Å². The van der Waals surface area contributed by atoms with Crippen molar-refractivity contribution < 1.29 is 0 Å². The Morgan fingerprint density at radius 3 is 2.07 bits per heavy atom. The van der Waals surface area contributed by atoms with Gasteiger partial charge in [-0.3, -0.25) is 0 Å². The third-order valence-corrected chi connectivity index (χ3v) is 6.03. The molecule has 1 N–H and O–H groups in total. The fourth-order valence-electron chi connectivity index (χ4n) is 2.87. The van der Waals surface area contributed by atoms with E-state index < -0.39 is 0 Å². The summed E-state index contributed by atoms with van der Waals surface area (Å²) in [6.45, 7) is 3.92. The molecule has 9 heteroatoms. The number of aryl methyl sites for hydroxylation is 2. The molecule has 0 aliphatic carbocycles. The summed E-state index contributed by atoms with van der Waals surface area (Å²) >= 11 is 25.6. The van der Waals surface area contributed by atoms with Gasteiger partial charge in [-0.15, -0.1) is 0 Å². The number of halogens is 4. The van der Waals surface area contributed by atoms with E-state index in [1.807, 2.05) is 38.1 Å². The molecule has 1 aliphatic heterocycles. The summed E-state index contributed by atoms with van der Waals surface area (Å²) in [5.74, 6) is 1.85. The molecule has 0 bridgehead atoms. The van der Waals surface area contributed by atoms with E-state index in [4.69, 9.17) is 46.4 Å². The molecule has 0 radical (unpaired) electrons. The van der Waals surface area contributed by atoms with E-state index >= 15 is 0 Å². The average Bonchev–Trinajstić information content (AvgIpc) is 3.02. The lowest BCUT2D eigenvalue weighted by molar-refractivity contribution is 1.24. The maximum Gasteiger partial charge on any atom is 0.166 e. The molecule has 4 rings (SSSR count). The monoisotopic (exact) mass is 463 g/mol. The molecule has 3 aromatic rings. The van der Waals surface area contributed by atoms with Gasteiger partial charge < -0.3 is 5.32 Å². The Bertz CT molecular complexity index is 1200. The summed E-state index contributed by atoms with van der Waals surface area (Å²) in [5, 5.41) is 3.93. The van der Waals surface area contributed by atoms with E-state index in [9.17, 15) is 0 Å². The van der Waals surface area contributed by atoms with Crippen LogP contribution < -0.4 is 5.32 Å². The van der Waals surface area contributed by atoms with Crippen LogP contribution in [0.2, 0.25) is 20.1 Å². The van der Waals surface area contributed by atoms with Gasteiger partial charge in [0.25, 0.3) is 0 Å². The lowest BCUT2D eigenvalue weighted by Crippen LogP contribution is -2.13. The Labute approximate surface area is 187 Å². The second-order valence-electron chi connectivity index (χ2n) is 6.44. The molecule has 1 aromatic carbocycles. The molecule has 0 saturated heterocycles. The van der Waals surface area contributed by atoms with E-state index in [1.54, 1.807) is 12.4 Å². The third kappa shape index (κ3) is 3.83. The predicted octanol–water partition coefficient (Wildman–Crippen LogP) is 6.66. The van der Waals surface area contributed by atoms with Gasteiger partial charge in [0.1, 0.15) is 11.7 Å². The van der Waals surface area contributed by atoms with Crippen molar-refractivity contribution in [3.63, 3.8) is 0 Å². The SMILES string of the molecule is Cc1ccnc(N=C2N=C(Nc3cc(C)ccn3)c3c(Cl)c(Cl)c(Cl)c(Cl)c32)c1. The zero-order valence-corrected chi connectivity index (χ0v) is 18.3. The maximum absolute atomic E-state index is 6.51. The van der Waals surface area contributed by atoms with Crippen LogP contribution in [-0.2, 0) is 0 Å². The van der Waals surface area contributed by atoms with Gasteiger partial charge in [-0.2, -0.15) is 0 Å². The summed E-state index contributed by atoms with van der Waals surface area (Å²) in [5.41, 5.74) is 3.06. The molecule has 0 amide bonds. The van der Waals surface area contributed by atoms with Gasteiger partial charge in [-0.05, 0) is 49.2 Å². The van der Waals surface area contributed by atoms with Crippen molar-refractivity contribution in [2.45, 2.75) is 13.8 Å². The molecule has 0 fully saturated rings. The number of rotatable bonds is 2. The van der Waals surface area contributed by atoms with Gasteiger partial charge in [0.2, 0.25) is 0 Å². The van der Waals surface area contributed by atoms with Crippen molar-refractivity contribution >= 4 is 69.7 Å². The molecule has 0 unspecified atom stereocenters. The number of fused-ring (bicyclic) bond motifs is 1. The number of anilines is 1. The average molecular weight is 465 g/mol. The first-order valence-corrected chi connectivity index (χ1v) is 10.0. The first-order chi connectivity index (χ1) is 13.8. The molecule has 146 valence electrons. The number of aliphatic imine (C=N–C) groups is 2. The van der Waals surface area contributed by atoms with Crippen LogP contribution in [0.3, 0.4) is 0 Å². The highest BCUT2D eigenvalue weighted by molar-refractivity contribution is 6.55. The number of hydrogen-bond acceptors (Lipinski definition) is 4. The molecule has 0 saturated carbocycles. The molecular weight excluding hydrogens is 452 g/mol. The molecule has 0 atom stereocenters. The number of amidine groups is 2. The van der Waals surface area contributed by atoms with Crippen molar-refractivity contribution in [3.8, 4) is 0 Å². The quantitative estimate of drug-likeness (QED) is 0.340. The summed E-state index contributed by atoms with van der Waals surface area (Å²) < 4.78 is 0. The standard InChI is InChI=1S/C20H13Cl4N5/c1-9-3-5-25-11(7-9)27-19-13-14(16(22)18(24)17(23)15(13)21)20(29-19)28-12-8-10(2)4-6-26-12/h3-8H,1-2H3,(H,25,26,27,28,29). The lowest BCUT2D eigenvalue weighted by Gasteiger charge is -2.12. The summed E-state index contributed by atoms with van der Waals surface area (Å²) in [4.78, 5) is 17.7. The number of pyridine rings is 2. The summed E-state index contributed by atoms with van der Waals surface area (Å²) in [6, 6.07) is 7.49. The van der Waals surface area contributed by atoms with Crippen LogP contribution in [0.15, 0.2) is 46.6 Å². The molecule has 3 heterocycles. The number of nitrogens with one attached hydrogen (secondary N) is 1. The van der Waals surface area contributed by atoms with E-state index in [0.717, 1.165) is 11.1 Å². The van der Waals surface area contributed by atoms with Gasteiger partial charge in [0.15, 0.2) is 11.7 Å². The highest BCUT2D eigenvalue weighted by Crippen LogP contribution is 2.44. The van der Waals surface area contributed by atoms with Crippen molar-refractivity contribution in [2.24, 2.45) is 9.98 Å². The summed E-state index contributed by atoms with van der Waals surface area (Å²) in [6.07, 6.45) is 3.37. The highest BCUT2D eigenvalue weighted by Gasteiger charge is 2.32. The van der Waals surface area contributed by atoms with Crippen LogP contribution in [0.5, 0.6) is 0 Å². The highest BCUT2D eigenvalue weighted by atomic mass is 35.5. The molecule has 29 heavy (non-hydrogen) atoms. The smallest absolute Gasteiger partial charge is 0.166 e. The number of aromatic nitrogens is 2. The Hall–Kier alpha value is -2.18. The first-order valence-electron chi connectivity index (χ1n) is 8.51. The minimum absolute atomic E-state index is 0.145. The largest absolute Gasteiger partial charge is 0.324 e. The minimum Gasteiger partial charge on any atom is -0.324 e. The Kier molecular flexibility index (Phi) is 5.49. The molecular formula is C20H13Cl4N5. The van der Waals surface area contributed by atoms with Crippen molar-refractivity contribution in [1.82, 2.24) is 9.97 Å². The van der Waals surface area contributed by atoms with Crippen LogP contribution in [0.4, 0.5) is 11.6 Å². The van der Waals surface area contributed by atoms with E-state index in [-0.39, 0.29) is 20.1 Å². The molecule has 2 aromatic heterocycles. The van der Waals surface area contributed by atoms with Crippen molar-refractivity contribution in [3.05, 3.63) is 79.0 Å². The van der Waals surface area contributed by atoms with Gasteiger partial charge in [0, 0.05) is 12.4 Å². The molecule has 1 aliphatic rings. The second kappa shape index (κ2) is 7.92. The van der Waals surface area contributed by atoms with Crippen LogP contribution in [0, 0.1) is 13.8 Å². The molecule has 5 nitrogen and oxygen atoms in total. The zero-order valence-electron chi connectivity index (χ0n) is 15.3. The lowest BCUT2D eigenvalue weighted by atomic mass is 10.1. The van der Waals surface area contributed by atoms with E-state index in [0.29, 0.717) is 34.4 Å². The normalized spacial score (nSPS) is 14.1. The Balaban J connectivity index is 1.91. The zero-order chi connectivity index (χ0) is 20.7. The second-order valence-corrected chi connectivity index (χ2v) is 7.95. The number of benzene rings is 1. The van der Waals surface area contributed by atoms with E-state index in [2.05, 4.69) is 25.3 Å². The maximum atomic E-state index is 6.51. The topological polar surface area (TPSA) is 62.5 Å². The van der Waals surface area contributed by atoms with Gasteiger partial charge in [0.05, 0.1) is 31.2 Å². The fraction of sp³-hybridized carbons (Fsp3) is 0.100. The number of hydrogen-bond donors (Lipinski definition) is 1. The molecule has 0 spiro atoms. The van der Waals surface area contributed by atoms with Gasteiger partial charge >= 0.3 is 0 Å². The van der Waals surface area contributed by atoms with Crippen LogP contribution in [-0.4, -0.2) is 21.6 Å².